The van der Waals surface area contributed by atoms with Crippen molar-refractivity contribution in [2.45, 2.75) is 32.1 Å². The molecule has 1 heterocycles. The van der Waals surface area contributed by atoms with Gasteiger partial charge in [0.2, 0.25) is 0 Å². The van der Waals surface area contributed by atoms with E-state index in [1.165, 1.54) is 0 Å². The number of aliphatic carboxylic acids is 1. The average Bonchev–Trinajstić information content (AvgIpc) is 1.85. The van der Waals surface area contributed by atoms with Gasteiger partial charge in [-0.3, -0.25) is 10.1 Å². The minimum atomic E-state index is -0.843. The molecular weight excluding hydrogens is 146 g/mol. The molecule has 2 N–H and O–H groups in total. The fraction of sp³-hybridized carbons (Fsp3) is 0.857. The number of ether oxygens (including phenoxy) is 1. The first-order valence-corrected chi connectivity index (χ1v) is 3.73. The Morgan fingerprint density at radius 1 is 1.64 bits per heavy atom. The van der Waals surface area contributed by atoms with Crippen molar-refractivity contribution in [3.63, 3.8) is 0 Å². The normalized spacial score (nSPS) is 38.5. The van der Waals surface area contributed by atoms with Gasteiger partial charge < -0.3 is 9.84 Å². The van der Waals surface area contributed by atoms with Gasteiger partial charge in [0.25, 0.3) is 0 Å². The fourth-order valence-corrected chi connectivity index (χ4v) is 1.24. The number of carboxylic acids is 1. The van der Waals surface area contributed by atoms with Crippen LogP contribution in [0.3, 0.4) is 0 Å². The largest absolute Gasteiger partial charge is 0.480 e. The topological polar surface area (TPSA) is 58.6 Å². The molecule has 0 bridgehead atoms. The molecule has 1 fully saturated rings. The number of morpholine rings is 1. The Hall–Kier alpha value is -0.610. The quantitative estimate of drug-likeness (QED) is 0.558. The Morgan fingerprint density at radius 2 is 2.27 bits per heavy atom. The molecule has 0 aromatic heterocycles. The van der Waals surface area contributed by atoms with Crippen LogP contribution in [-0.2, 0) is 9.53 Å². The maximum Gasteiger partial charge on any atom is 0.323 e. The molecule has 0 unspecified atom stereocenters. The van der Waals surface area contributed by atoms with Crippen LogP contribution in [0.1, 0.15) is 13.8 Å². The van der Waals surface area contributed by atoms with Crippen LogP contribution in [-0.4, -0.2) is 35.9 Å². The molecule has 0 aromatic rings. The zero-order valence-corrected chi connectivity index (χ0v) is 6.70. The van der Waals surface area contributed by atoms with Gasteiger partial charge in [-0.05, 0) is 13.8 Å². The number of carboxylic acid groups (broad SMARTS) is 1. The lowest BCUT2D eigenvalue weighted by Gasteiger charge is -2.31. The molecule has 0 spiro atoms. The summed E-state index contributed by atoms with van der Waals surface area (Å²) in [6.07, 6.45) is -0.128. The maximum absolute atomic E-state index is 10.5. The number of nitrogens with one attached hydrogen (secondary N) is 1. The summed E-state index contributed by atoms with van der Waals surface area (Å²) in [7, 11) is 0. The van der Waals surface area contributed by atoms with Gasteiger partial charge in [0, 0.05) is 6.54 Å². The van der Waals surface area contributed by atoms with Crippen molar-refractivity contribution in [1.82, 2.24) is 5.32 Å². The number of hydrogen-bond donors (Lipinski definition) is 2. The summed E-state index contributed by atoms with van der Waals surface area (Å²) < 4.78 is 5.32. The minimum absolute atomic E-state index is 0.112. The predicted molar refractivity (Wildman–Crippen MR) is 39.4 cm³/mol. The van der Waals surface area contributed by atoms with E-state index in [-0.39, 0.29) is 12.2 Å². The van der Waals surface area contributed by atoms with Crippen molar-refractivity contribution < 1.29 is 14.6 Å². The summed E-state index contributed by atoms with van der Waals surface area (Å²) in [5.41, 5.74) is 0. The molecule has 1 aliphatic rings. The minimum Gasteiger partial charge on any atom is -0.480 e. The van der Waals surface area contributed by atoms with E-state index < -0.39 is 12.0 Å². The number of carbonyl (C=O) groups is 1. The summed E-state index contributed by atoms with van der Waals surface area (Å²) >= 11 is 0. The molecule has 1 rings (SSSR count). The van der Waals surface area contributed by atoms with E-state index >= 15 is 0 Å². The first kappa shape index (κ1) is 8.49. The van der Waals surface area contributed by atoms with Gasteiger partial charge in [-0.2, -0.15) is 0 Å². The first-order valence-electron chi connectivity index (χ1n) is 3.73. The lowest BCUT2D eigenvalue weighted by Crippen LogP contribution is -2.54. The average molecular weight is 159 g/mol. The van der Waals surface area contributed by atoms with Crippen molar-refractivity contribution in [2.24, 2.45) is 0 Å². The third-order valence-corrected chi connectivity index (χ3v) is 1.81. The van der Waals surface area contributed by atoms with E-state index in [0.717, 1.165) is 0 Å². The Morgan fingerprint density at radius 3 is 2.73 bits per heavy atom. The van der Waals surface area contributed by atoms with Crippen LogP contribution >= 0.6 is 0 Å². The van der Waals surface area contributed by atoms with Gasteiger partial charge >= 0.3 is 5.97 Å². The first-order chi connectivity index (χ1) is 5.11. The molecule has 0 saturated carbocycles. The van der Waals surface area contributed by atoms with Crippen molar-refractivity contribution in [3.05, 3.63) is 0 Å². The van der Waals surface area contributed by atoms with E-state index in [1.807, 2.05) is 6.92 Å². The molecule has 0 radical (unpaired) electrons. The predicted octanol–water partition coefficient (Wildman–Crippen LogP) is -0.164. The van der Waals surface area contributed by atoms with E-state index in [1.54, 1.807) is 6.92 Å². The van der Waals surface area contributed by atoms with E-state index in [2.05, 4.69) is 5.32 Å². The van der Waals surface area contributed by atoms with E-state index in [4.69, 9.17) is 9.84 Å². The van der Waals surface area contributed by atoms with Crippen LogP contribution < -0.4 is 5.32 Å². The standard InChI is InChI=1S/C7H13NO3/c1-4-3-8-6(7(9)10)5(2)11-4/h4-6,8H,3H2,1-2H3,(H,9,10)/t4-,5+,6+/m1/s1. The summed E-state index contributed by atoms with van der Waals surface area (Å²) in [5, 5.41) is 11.5. The molecule has 0 aliphatic carbocycles. The Bertz CT molecular complexity index is 160. The van der Waals surface area contributed by atoms with Crippen LogP contribution in [0.2, 0.25) is 0 Å². The molecule has 3 atom stereocenters. The van der Waals surface area contributed by atoms with Gasteiger partial charge in [-0.15, -0.1) is 0 Å². The van der Waals surface area contributed by atoms with Gasteiger partial charge in [0.05, 0.1) is 12.2 Å². The van der Waals surface area contributed by atoms with Gasteiger partial charge in [-0.25, -0.2) is 0 Å². The smallest absolute Gasteiger partial charge is 0.323 e. The highest BCUT2D eigenvalue weighted by atomic mass is 16.5. The Labute approximate surface area is 65.5 Å². The second-order valence-electron chi connectivity index (χ2n) is 2.88. The van der Waals surface area contributed by atoms with Crippen molar-refractivity contribution in [1.29, 1.82) is 0 Å². The molecule has 4 heteroatoms. The summed E-state index contributed by atoms with van der Waals surface area (Å²) in [4.78, 5) is 10.5. The molecule has 64 valence electrons. The Kier molecular flexibility index (Phi) is 2.46. The van der Waals surface area contributed by atoms with Crippen molar-refractivity contribution in [2.75, 3.05) is 6.54 Å². The number of hydrogen-bond acceptors (Lipinski definition) is 3. The van der Waals surface area contributed by atoms with Gasteiger partial charge in [-0.1, -0.05) is 0 Å². The molecule has 11 heavy (non-hydrogen) atoms. The second kappa shape index (κ2) is 3.19. The molecular formula is C7H13NO3. The summed E-state index contributed by atoms with van der Waals surface area (Å²) in [5.74, 6) is -0.843. The zero-order chi connectivity index (χ0) is 8.43. The highest BCUT2D eigenvalue weighted by molar-refractivity contribution is 5.74. The fourth-order valence-electron chi connectivity index (χ4n) is 1.24. The van der Waals surface area contributed by atoms with Crippen LogP contribution in [0.4, 0.5) is 0 Å². The Balaban J connectivity index is 2.50. The maximum atomic E-state index is 10.5. The lowest BCUT2D eigenvalue weighted by molar-refractivity contribution is -0.148. The second-order valence-corrected chi connectivity index (χ2v) is 2.88. The van der Waals surface area contributed by atoms with Crippen LogP contribution in [0.15, 0.2) is 0 Å². The monoisotopic (exact) mass is 159 g/mol. The molecule has 1 saturated heterocycles. The highest BCUT2D eigenvalue weighted by Gasteiger charge is 2.30. The van der Waals surface area contributed by atoms with E-state index in [9.17, 15) is 4.79 Å². The van der Waals surface area contributed by atoms with Crippen LogP contribution in [0.25, 0.3) is 0 Å². The van der Waals surface area contributed by atoms with Crippen molar-refractivity contribution >= 4 is 5.97 Å². The van der Waals surface area contributed by atoms with Crippen LogP contribution in [0, 0.1) is 0 Å². The van der Waals surface area contributed by atoms with Crippen LogP contribution in [0.5, 0.6) is 0 Å². The number of rotatable bonds is 1. The highest BCUT2D eigenvalue weighted by Crippen LogP contribution is 2.08. The zero-order valence-electron chi connectivity index (χ0n) is 6.70. The van der Waals surface area contributed by atoms with Gasteiger partial charge in [0.1, 0.15) is 6.04 Å². The van der Waals surface area contributed by atoms with E-state index in [0.29, 0.717) is 6.54 Å². The molecule has 1 aliphatic heterocycles. The third kappa shape index (κ3) is 1.91. The van der Waals surface area contributed by atoms with Crippen molar-refractivity contribution in [3.8, 4) is 0 Å². The SMILES string of the molecule is C[C@@H]1CN[C@H](C(=O)O)[C@H](C)O1. The van der Waals surface area contributed by atoms with Gasteiger partial charge in [0.15, 0.2) is 0 Å². The summed E-state index contributed by atoms with van der Waals surface area (Å²) in [6, 6.07) is -0.550. The lowest BCUT2D eigenvalue weighted by atomic mass is 10.1. The summed E-state index contributed by atoms with van der Waals surface area (Å²) in [6.45, 7) is 4.30. The molecule has 4 nitrogen and oxygen atoms in total. The molecule has 0 aromatic carbocycles. The molecule has 0 amide bonds. The third-order valence-electron chi connectivity index (χ3n) is 1.81.